The van der Waals surface area contributed by atoms with E-state index in [1.54, 1.807) is 0 Å². The highest BCUT2D eigenvalue weighted by atomic mass is 16.6. The maximum atomic E-state index is 5.20. The molecule has 0 aliphatic carbocycles. The summed E-state index contributed by atoms with van der Waals surface area (Å²) in [4.78, 5) is 5.20. The molecule has 0 saturated carbocycles. The zero-order valence-electron chi connectivity index (χ0n) is 7.47. The average molecular weight is 155 g/mol. The molecule has 0 fully saturated rings. The van der Waals surface area contributed by atoms with Crippen molar-refractivity contribution in [1.82, 2.24) is 0 Å². The molecule has 0 spiro atoms. The molecule has 0 aromatic rings. The van der Waals surface area contributed by atoms with Crippen molar-refractivity contribution >= 4 is 5.71 Å². The highest BCUT2D eigenvalue weighted by molar-refractivity contribution is 5.82. The normalized spacial score (nSPS) is 23.1. The Morgan fingerprint density at radius 1 is 1.55 bits per heavy atom. The van der Waals surface area contributed by atoms with Gasteiger partial charge < -0.3 is 4.84 Å². The van der Waals surface area contributed by atoms with Crippen molar-refractivity contribution in [3.8, 4) is 0 Å². The van der Waals surface area contributed by atoms with Gasteiger partial charge in [-0.3, -0.25) is 0 Å². The summed E-state index contributed by atoms with van der Waals surface area (Å²) in [5, 5.41) is 3.91. The van der Waals surface area contributed by atoms with Gasteiger partial charge in [-0.2, -0.15) is 0 Å². The number of oxime groups is 1. The molecular formula is C9H17NO. The van der Waals surface area contributed by atoms with Crippen LogP contribution in [-0.2, 0) is 4.84 Å². The van der Waals surface area contributed by atoms with E-state index in [-0.39, 0.29) is 0 Å². The summed E-state index contributed by atoms with van der Waals surface area (Å²) in [6.07, 6.45) is 6.50. The summed E-state index contributed by atoms with van der Waals surface area (Å²) in [7, 11) is 0. The third kappa shape index (κ3) is 2.91. The van der Waals surface area contributed by atoms with Crippen LogP contribution in [0.5, 0.6) is 0 Å². The smallest absolute Gasteiger partial charge is 0.132 e. The molecule has 1 rings (SSSR count). The molecule has 1 aliphatic heterocycles. The molecule has 0 saturated heterocycles. The van der Waals surface area contributed by atoms with Crippen LogP contribution in [0.3, 0.4) is 0 Å². The number of nitrogens with zero attached hydrogens (tertiary/aromatic N) is 1. The van der Waals surface area contributed by atoms with Crippen molar-refractivity contribution in [3.05, 3.63) is 0 Å². The van der Waals surface area contributed by atoms with Gasteiger partial charge in [0.25, 0.3) is 0 Å². The largest absolute Gasteiger partial charge is 0.392 e. The van der Waals surface area contributed by atoms with Crippen LogP contribution in [0.15, 0.2) is 5.16 Å². The monoisotopic (exact) mass is 155 g/mol. The second-order valence-electron chi connectivity index (χ2n) is 3.25. The van der Waals surface area contributed by atoms with Gasteiger partial charge in [0, 0.05) is 6.42 Å². The second kappa shape index (κ2) is 4.37. The zero-order valence-corrected chi connectivity index (χ0v) is 7.47. The van der Waals surface area contributed by atoms with E-state index in [0.29, 0.717) is 6.10 Å². The van der Waals surface area contributed by atoms with E-state index in [1.807, 2.05) is 6.92 Å². The fourth-order valence-electron chi connectivity index (χ4n) is 1.35. The van der Waals surface area contributed by atoms with Gasteiger partial charge in [0.05, 0.1) is 5.71 Å². The van der Waals surface area contributed by atoms with Crippen LogP contribution in [-0.4, -0.2) is 11.8 Å². The highest BCUT2D eigenvalue weighted by Crippen LogP contribution is 2.16. The molecular weight excluding hydrogens is 138 g/mol. The van der Waals surface area contributed by atoms with E-state index < -0.39 is 0 Å². The summed E-state index contributed by atoms with van der Waals surface area (Å²) in [5.74, 6) is 0. The van der Waals surface area contributed by atoms with Gasteiger partial charge in [-0.05, 0) is 19.8 Å². The summed E-state index contributed by atoms with van der Waals surface area (Å²) in [5.41, 5.74) is 1.14. The molecule has 0 amide bonds. The predicted molar refractivity (Wildman–Crippen MR) is 46.7 cm³/mol. The first-order chi connectivity index (χ1) is 5.33. The molecule has 2 heteroatoms. The Labute approximate surface area is 68.6 Å². The Balaban J connectivity index is 2.02. The van der Waals surface area contributed by atoms with E-state index >= 15 is 0 Å². The fraction of sp³-hybridized carbons (Fsp3) is 0.889. The quantitative estimate of drug-likeness (QED) is 0.572. The minimum Gasteiger partial charge on any atom is -0.392 e. The molecule has 0 N–H and O–H groups in total. The van der Waals surface area contributed by atoms with Gasteiger partial charge in [0.2, 0.25) is 0 Å². The summed E-state index contributed by atoms with van der Waals surface area (Å²) in [6, 6.07) is 0. The lowest BCUT2D eigenvalue weighted by Gasteiger charge is -2.05. The first kappa shape index (κ1) is 8.57. The predicted octanol–water partition coefficient (Wildman–Crippen LogP) is 2.73. The molecule has 0 bridgehead atoms. The lowest BCUT2D eigenvalue weighted by molar-refractivity contribution is 0.0771. The lowest BCUT2D eigenvalue weighted by atomic mass is 10.1. The lowest BCUT2D eigenvalue weighted by Crippen LogP contribution is -2.05. The van der Waals surface area contributed by atoms with Crippen molar-refractivity contribution < 1.29 is 4.84 Å². The summed E-state index contributed by atoms with van der Waals surface area (Å²) < 4.78 is 0. The molecule has 64 valence electrons. The third-order valence-electron chi connectivity index (χ3n) is 2.01. The minimum absolute atomic E-state index is 0.390. The first-order valence-electron chi connectivity index (χ1n) is 4.52. The molecule has 0 radical (unpaired) electrons. The molecule has 1 heterocycles. The van der Waals surface area contributed by atoms with Gasteiger partial charge in [-0.15, -0.1) is 0 Å². The van der Waals surface area contributed by atoms with Gasteiger partial charge in [-0.1, -0.05) is 24.9 Å². The second-order valence-corrected chi connectivity index (χ2v) is 3.25. The van der Waals surface area contributed by atoms with Crippen LogP contribution in [0.2, 0.25) is 0 Å². The van der Waals surface area contributed by atoms with Gasteiger partial charge in [0.1, 0.15) is 6.10 Å². The number of unbranched alkanes of at least 4 members (excludes halogenated alkanes) is 2. The highest BCUT2D eigenvalue weighted by Gasteiger charge is 2.16. The Hall–Kier alpha value is -0.530. The van der Waals surface area contributed by atoms with Gasteiger partial charge in [0.15, 0.2) is 0 Å². The van der Waals surface area contributed by atoms with Gasteiger partial charge >= 0.3 is 0 Å². The van der Waals surface area contributed by atoms with E-state index in [2.05, 4.69) is 12.1 Å². The molecule has 1 unspecified atom stereocenters. The number of hydrogen-bond acceptors (Lipinski definition) is 2. The number of rotatable bonds is 4. The van der Waals surface area contributed by atoms with Crippen LogP contribution in [0.25, 0.3) is 0 Å². The van der Waals surface area contributed by atoms with E-state index in [9.17, 15) is 0 Å². The zero-order chi connectivity index (χ0) is 8.10. The van der Waals surface area contributed by atoms with Crippen LogP contribution < -0.4 is 0 Å². The van der Waals surface area contributed by atoms with Crippen molar-refractivity contribution in [2.45, 2.75) is 52.1 Å². The topological polar surface area (TPSA) is 21.6 Å². The molecule has 1 atom stereocenters. The summed E-state index contributed by atoms with van der Waals surface area (Å²) in [6.45, 7) is 4.25. The van der Waals surface area contributed by atoms with Crippen LogP contribution in [0.4, 0.5) is 0 Å². The van der Waals surface area contributed by atoms with Crippen molar-refractivity contribution in [2.24, 2.45) is 5.16 Å². The third-order valence-corrected chi connectivity index (χ3v) is 2.01. The van der Waals surface area contributed by atoms with Crippen molar-refractivity contribution in [1.29, 1.82) is 0 Å². The van der Waals surface area contributed by atoms with Crippen LogP contribution >= 0.6 is 0 Å². The number of hydrogen-bond donors (Lipinski definition) is 0. The molecule has 2 nitrogen and oxygen atoms in total. The molecule has 11 heavy (non-hydrogen) atoms. The van der Waals surface area contributed by atoms with E-state index in [4.69, 9.17) is 4.84 Å². The Bertz CT molecular complexity index is 142. The summed E-state index contributed by atoms with van der Waals surface area (Å²) >= 11 is 0. The fourth-order valence-corrected chi connectivity index (χ4v) is 1.35. The molecule has 0 aromatic carbocycles. The van der Waals surface area contributed by atoms with Gasteiger partial charge in [-0.25, -0.2) is 0 Å². The SMILES string of the molecule is CCCCCC1CC(C)=NO1. The molecule has 1 aliphatic rings. The Kier molecular flexibility index (Phi) is 3.40. The van der Waals surface area contributed by atoms with Crippen LogP contribution in [0, 0.1) is 0 Å². The Morgan fingerprint density at radius 3 is 2.91 bits per heavy atom. The van der Waals surface area contributed by atoms with Crippen LogP contribution in [0.1, 0.15) is 46.0 Å². The minimum atomic E-state index is 0.390. The van der Waals surface area contributed by atoms with E-state index in [1.165, 1.54) is 25.7 Å². The Morgan fingerprint density at radius 2 is 2.36 bits per heavy atom. The standard InChI is InChI=1S/C9H17NO/c1-3-4-5-6-9-7-8(2)10-11-9/h9H,3-7H2,1-2H3. The maximum absolute atomic E-state index is 5.20. The average Bonchev–Trinajstić information content (AvgIpc) is 2.37. The van der Waals surface area contributed by atoms with Crippen molar-refractivity contribution in [2.75, 3.05) is 0 Å². The maximum Gasteiger partial charge on any atom is 0.132 e. The van der Waals surface area contributed by atoms with Crippen molar-refractivity contribution in [3.63, 3.8) is 0 Å². The first-order valence-corrected chi connectivity index (χ1v) is 4.52. The van der Waals surface area contributed by atoms with E-state index in [0.717, 1.165) is 12.1 Å². The molecule has 0 aromatic heterocycles.